The van der Waals surface area contributed by atoms with E-state index in [0.29, 0.717) is 30.4 Å². The molecular formula is C32H29F4NO6. The Balaban J connectivity index is 1.19. The van der Waals surface area contributed by atoms with E-state index in [4.69, 9.17) is 18.9 Å². The molecule has 0 bridgehead atoms. The van der Waals surface area contributed by atoms with Crippen LogP contribution in [0.1, 0.15) is 47.1 Å². The molecular weight excluding hydrogens is 570 g/mol. The van der Waals surface area contributed by atoms with Crippen LogP contribution in [0.2, 0.25) is 0 Å². The molecule has 1 saturated heterocycles. The van der Waals surface area contributed by atoms with Crippen molar-refractivity contribution in [2.45, 2.75) is 44.6 Å². The van der Waals surface area contributed by atoms with E-state index in [1.54, 1.807) is 38.2 Å². The van der Waals surface area contributed by atoms with Gasteiger partial charge in [-0.25, -0.2) is 9.37 Å². The highest BCUT2D eigenvalue weighted by atomic mass is 19.4. The van der Waals surface area contributed by atoms with Crippen LogP contribution in [0.25, 0.3) is 17.2 Å². The van der Waals surface area contributed by atoms with Crippen LogP contribution in [0.15, 0.2) is 48.2 Å². The number of aromatic nitrogens is 1. The van der Waals surface area contributed by atoms with E-state index >= 15 is 0 Å². The number of carbonyl (C=O) groups is 1. The number of rotatable bonds is 10. The van der Waals surface area contributed by atoms with E-state index in [1.165, 1.54) is 6.07 Å². The van der Waals surface area contributed by atoms with Crippen molar-refractivity contribution in [2.75, 3.05) is 26.4 Å². The van der Waals surface area contributed by atoms with Gasteiger partial charge in [-0.1, -0.05) is 12.1 Å². The van der Waals surface area contributed by atoms with Crippen molar-refractivity contribution >= 4 is 12.0 Å². The number of hydrogen-bond acceptors (Lipinski definition) is 7. The number of halogens is 4. The number of benzene rings is 2. The standard InChI is InChI=1S/C32H29F4NO6/c1-3-41-30(38)29-23-9-18-11-27(37-13-24(18)28(23)29)43-14-19-10-22(25(12-26(19)33)32(34,35)36)21-5-4-20(8-17(21)2)42-7-6-31(39)15-40-16-31/h4-5,8-13,28-29,39H,3,6-7,14-16H2,1-2H3/t28-,29+/m1/s1. The van der Waals surface area contributed by atoms with E-state index in [9.17, 15) is 27.5 Å². The van der Waals surface area contributed by atoms with Gasteiger partial charge in [0.2, 0.25) is 5.88 Å². The fraction of sp³-hybridized carbons (Fsp3) is 0.375. The molecule has 11 heteroatoms. The number of carbonyl (C=O) groups excluding carboxylic acids is 1. The summed E-state index contributed by atoms with van der Waals surface area (Å²) in [5.74, 6) is -1.05. The zero-order valence-electron chi connectivity index (χ0n) is 23.5. The summed E-state index contributed by atoms with van der Waals surface area (Å²) in [7, 11) is 0. The van der Waals surface area contributed by atoms with Crippen LogP contribution >= 0.6 is 0 Å². The summed E-state index contributed by atoms with van der Waals surface area (Å²) in [5, 5.41) is 10.1. The molecule has 3 aromatic rings. The molecule has 1 aliphatic heterocycles. The van der Waals surface area contributed by atoms with Crippen molar-refractivity contribution in [2.24, 2.45) is 5.92 Å². The van der Waals surface area contributed by atoms with Crippen LogP contribution in [-0.2, 0) is 27.1 Å². The van der Waals surface area contributed by atoms with Crippen LogP contribution in [0, 0.1) is 18.7 Å². The first-order valence-corrected chi connectivity index (χ1v) is 13.9. The van der Waals surface area contributed by atoms with Gasteiger partial charge in [0.05, 0.1) is 37.9 Å². The van der Waals surface area contributed by atoms with E-state index in [-0.39, 0.29) is 66.8 Å². The maximum Gasteiger partial charge on any atom is 0.417 e. The first-order valence-electron chi connectivity index (χ1n) is 13.9. The maximum absolute atomic E-state index is 15.0. The van der Waals surface area contributed by atoms with Crippen molar-refractivity contribution < 1.29 is 46.4 Å². The Hall–Kier alpha value is -3.96. The molecule has 2 atom stereocenters. The molecule has 1 saturated carbocycles. The predicted octanol–water partition coefficient (Wildman–Crippen LogP) is 6.00. The first kappa shape index (κ1) is 29.1. The van der Waals surface area contributed by atoms with E-state index in [2.05, 4.69) is 4.98 Å². The lowest BCUT2D eigenvalue weighted by Crippen LogP contribution is -2.50. The normalized spacial score (nSPS) is 19.6. The zero-order chi connectivity index (χ0) is 30.5. The molecule has 2 aliphatic carbocycles. The Morgan fingerprint density at radius 2 is 1.93 bits per heavy atom. The SMILES string of the molecule is CCOC(=O)[C@H]1C2=Cc3cc(OCc4cc(-c5ccc(OCCC6(O)COC6)cc5C)c(C(F)(F)F)cc4F)ncc3[C@@H]21. The number of hydrogen-bond donors (Lipinski definition) is 1. The maximum atomic E-state index is 15.0. The number of aryl methyl sites for hydroxylation is 1. The molecule has 226 valence electrons. The molecule has 0 radical (unpaired) electrons. The van der Waals surface area contributed by atoms with Crippen LogP contribution < -0.4 is 9.47 Å². The molecule has 2 aromatic carbocycles. The van der Waals surface area contributed by atoms with Crippen molar-refractivity contribution in [1.29, 1.82) is 0 Å². The number of ether oxygens (including phenoxy) is 4. The average molecular weight is 600 g/mol. The summed E-state index contributed by atoms with van der Waals surface area (Å²) in [6.07, 6.45) is -0.958. The third-order valence-electron chi connectivity index (χ3n) is 8.02. The van der Waals surface area contributed by atoms with Gasteiger partial charge in [0.15, 0.2) is 0 Å². The summed E-state index contributed by atoms with van der Waals surface area (Å²) >= 11 is 0. The van der Waals surface area contributed by atoms with Crippen molar-refractivity contribution in [1.82, 2.24) is 4.98 Å². The second kappa shape index (κ2) is 10.9. The van der Waals surface area contributed by atoms with Crippen LogP contribution in [0.3, 0.4) is 0 Å². The largest absolute Gasteiger partial charge is 0.493 e. The Morgan fingerprint density at radius 1 is 1.14 bits per heavy atom. The Labute approximate surface area is 245 Å². The Morgan fingerprint density at radius 3 is 2.60 bits per heavy atom. The molecule has 6 rings (SSSR count). The van der Waals surface area contributed by atoms with Crippen molar-refractivity contribution in [3.05, 3.63) is 81.8 Å². The lowest BCUT2D eigenvalue weighted by atomic mass is 9.93. The quantitative estimate of drug-likeness (QED) is 0.226. The highest BCUT2D eigenvalue weighted by Crippen LogP contribution is 2.60. The zero-order valence-corrected chi connectivity index (χ0v) is 23.5. The molecule has 1 aromatic heterocycles. The van der Waals surface area contributed by atoms with Crippen molar-refractivity contribution in [3.63, 3.8) is 0 Å². The molecule has 2 fully saturated rings. The minimum atomic E-state index is -4.80. The Bertz CT molecular complexity index is 1610. The topological polar surface area (TPSA) is 87.1 Å². The number of alkyl halides is 3. The predicted molar refractivity (Wildman–Crippen MR) is 147 cm³/mol. The molecule has 0 spiro atoms. The lowest BCUT2D eigenvalue weighted by Gasteiger charge is -2.36. The van der Waals surface area contributed by atoms with Gasteiger partial charge in [0, 0.05) is 30.2 Å². The first-order chi connectivity index (χ1) is 20.5. The second-order valence-corrected chi connectivity index (χ2v) is 11.1. The van der Waals surface area contributed by atoms with E-state index < -0.39 is 23.2 Å². The van der Waals surface area contributed by atoms with E-state index in [0.717, 1.165) is 22.8 Å². The van der Waals surface area contributed by atoms with Gasteiger partial charge >= 0.3 is 12.1 Å². The fourth-order valence-electron chi connectivity index (χ4n) is 5.64. The second-order valence-electron chi connectivity index (χ2n) is 11.1. The summed E-state index contributed by atoms with van der Waals surface area (Å²) in [6, 6.07) is 7.96. The monoisotopic (exact) mass is 599 g/mol. The van der Waals surface area contributed by atoms with Crippen LogP contribution in [0.4, 0.5) is 17.6 Å². The van der Waals surface area contributed by atoms with Gasteiger partial charge < -0.3 is 24.1 Å². The molecule has 7 nitrogen and oxygen atoms in total. The number of fused-ring (bicyclic) bond motifs is 3. The van der Waals surface area contributed by atoms with Crippen LogP contribution in [0.5, 0.6) is 11.6 Å². The Kier molecular flexibility index (Phi) is 7.42. The summed E-state index contributed by atoms with van der Waals surface area (Å²) in [4.78, 5) is 16.4. The summed E-state index contributed by atoms with van der Waals surface area (Å²) in [6.45, 7) is 4.05. The highest BCUT2D eigenvalue weighted by molar-refractivity contribution is 5.91. The highest BCUT2D eigenvalue weighted by Gasteiger charge is 2.55. The molecule has 0 amide bonds. The summed E-state index contributed by atoms with van der Waals surface area (Å²) in [5.41, 5.74) is 1.15. The molecule has 2 heterocycles. The van der Waals surface area contributed by atoms with Gasteiger partial charge in [0.25, 0.3) is 0 Å². The number of pyridine rings is 1. The number of nitrogens with zero attached hydrogens (tertiary/aromatic N) is 1. The van der Waals surface area contributed by atoms with Gasteiger partial charge in [-0.15, -0.1) is 0 Å². The number of aliphatic hydroxyl groups is 1. The lowest BCUT2D eigenvalue weighted by molar-refractivity contribution is -0.184. The fourth-order valence-corrected chi connectivity index (χ4v) is 5.64. The van der Waals surface area contributed by atoms with Gasteiger partial charge in [-0.05, 0) is 71.5 Å². The van der Waals surface area contributed by atoms with E-state index in [1.807, 2.05) is 6.08 Å². The van der Waals surface area contributed by atoms with Crippen LogP contribution in [-0.4, -0.2) is 48.1 Å². The third kappa shape index (κ3) is 5.71. The molecule has 0 unspecified atom stereocenters. The van der Waals surface area contributed by atoms with Gasteiger partial charge in [0.1, 0.15) is 23.8 Å². The molecule has 1 N–H and O–H groups in total. The average Bonchev–Trinajstić information content (AvgIpc) is 3.52. The minimum absolute atomic E-state index is 0.0609. The smallest absolute Gasteiger partial charge is 0.417 e. The third-order valence-corrected chi connectivity index (χ3v) is 8.02. The van der Waals surface area contributed by atoms with Gasteiger partial charge in [-0.3, -0.25) is 4.79 Å². The molecule has 3 aliphatic rings. The molecule has 43 heavy (non-hydrogen) atoms. The summed E-state index contributed by atoms with van der Waals surface area (Å²) < 4.78 is 78.5. The van der Waals surface area contributed by atoms with Crippen molar-refractivity contribution in [3.8, 4) is 22.8 Å². The van der Waals surface area contributed by atoms with Gasteiger partial charge in [-0.2, -0.15) is 13.2 Å². The minimum Gasteiger partial charge on any atom is -0.493 e. The number of esters is 1.